The third-order valence-corrected chi connectivity index (χ3v) is 5.54. The van der Waals surface area contributed by atoms with Crippen molar-refractivity contribution < 1.29 is 9.53 Å². The van der Waals surface area contributed by atoms with Gasteiger partial charge in [-0.05, 0) is 19.1 Å². The second-order valence-electron chi connectivity index (χ2n) is 5.07. The lowest BCUT2D eigenvalue weighted by Crippen LogP contribution is -2.23. The molecule has 2 heterocycles. The van der Waals surface area contributed by atoms with Crippen LogP contribution in [0.1, 0.15) is 29.4 Å². The molecule has 5 nitrogen and oxygen atoms in total. The fourth-order valence-corrected chi connectivity index (χ4v) is 4.17. The van der Waals surface area contributed by atoms with E-state index in [2.05, 4.69) is 10.6 Å². The predicted octanol–water partition coefficient (Wildman–Crippen LogP) is 2.64. The summed E-state index contributed by atoms with van der Waals surface area (Å²) < 4.78 is 5.38. The first-order valence-electron chi connectivity index (χ1n) is 7.23. The van der Waals surface area contributed by atoms with E-state index in [0.717, 1.165) is 42.5 Å². The number of nitrogens with one attached hydrogen (secondary N) is 2. The number of ether oxygens (including phenoxy) is 1. The quantitative estimate of drug-likeness (QED) is 0.671. The number of nitrogen functional groups attached to an aromatic ring is 1. The third-order valence-electron chi connectivity index (χ3n) is 3.42. The van der Waals surface area contributed by atoms with E-state index >= 15 is 0 Å². The van der Waals surface area contributed by atoms with E-state index < -0.39 is 0 Å². The van der Waals surface area contributed by atoms with Crippen molar-refractivity contribution >= 4 is 39.7 Å². The van der Waals surface area contributed by atoms with Gasteiger partial charge in [0.25, 0.3) is 5.91 Å². The van der Waals surface area contributed by atoms with E-state index in [9.17, 15) is 4.79 Å². The maximum atomic E-state index is 12.1. The molecule has 7 heteroatoms. The second kappa shape index (κ2) is 7.91. The summed E-state index contributed by atoms with van der Waals surface area (Å²) in [5.41, 5.74) is 6.72. The molecular formula is C14H23N3O2S2. The Balaban J connectivity index is 2.07. The van der Waals surface area contributed by atoms with Crippen LogP contribution in [-0.2, 0) is 4.74 Å². The summed E-state index contributed by atoms with van der Waals surface area (Å²) in [4.78, 5) is 13.7. The Kier molecular flexibility index (Phi) is 6.20. The van der Waals surface area contributed by atoms with Gasteiger partial charge in [0.05, 0.1) is 17.2 Å². The van der Waals surface area contributed by atoms with E-state index in [1.807, 2.05) is 13.2 Å². The highest BCUT2D eigenvalue weighted by Crippen LogP contribution is 2.41. The molecule has 1 atom stereocenters. The molecule has 1 unspecified atom stereocenters. The van der Waals surface area contributed by atoms with Gasteiger partial charge in [-0.1, -0.05) is 6.92 Å². The third kappa shape index (κ3) is 4.05. The summed E-state index contributed by atoms with van der Waals surface area (Å²) in [5, 5.41) is 7.32. The highest BCUT2D eigenvalue weighted by Gasteiger charge is 2.22. The molecule has 1 aromatic heterocycles. The van der Waals surface area contributed by atoms with Gasteiger partial charge in [-0.2, -0.15) is 0 Å². The lowest BCUT2D eigenvalue weighted by Gasteiger charge is -2.10. The largest absolute Gasteiger partial charge is 0.396 e. The SMILES string of the molecule is CCCNC(=O)c1sc(NCC2CCOC2)c(SC)c1N. The summed E-state index contributed by atoms with van der Waals surface area (Å²) in [6, 6.07) is 0. The lowest BCUT2D eigenvalue weighted by atomic mass is 10.1. The summed E-state index contributed by atoms with van der Waals surface area (Å²) in [6.45, 7) is 5.23. The van der Waals surface area contributed by atoms with Gasteiger partial charge in [-0.3, -0.25) is 4.79 Å². The van der Waals surface area contributed by atoms with Crippen molar-refractivity contribution in [1.29, 1.82) is 0 Å². The molecule has 0 spiro atoms. The zero-order valence-electron chi connectivity index (χ0n) is 12.5. The highest BCUT2D eigenvalue weighted by molar-refractivity contribution is 7.99. The van der Waals surface area contributed by atoms with Crippen molar-refractivity contribution in [2.24, 2.45) is 5.92 Å². The maximum absolute atomic E-state index is 12.1. The summed E-state index contributed by atoms with van der Waals surface area (Å²) >= 11 is 3.02. The van der Waals surface area contributed by atoms with Crippen molar-refractivity contribution in [1.82, 2.24) is 5.32 Å². The number of hydrogen-bond acceptors (Lipinski definition) is 6. The number of anilines is 2. The molecule has 0 saturated carbocycles. The minimum absolute atomic E-state index is 0.0769. The maximum Gasteiger partial charge on any atom is 0.263 e. The smallest absolute Gasteiger partial charge is 0.263 e. The zero-order valence-corrected chi connectivity index (χ0v) is 14.2. The Bertz CT molecular complexity index is 485. The molecule has 21 heavy (non-hydrogen) atoms. The van der Waals surface area contributed by atoms with Crippen molar-refractivity contribution in [2.45, 2.75) is 24.7 Å². The highest BCUT2D eigenvalue weighted by atomic mass is 32.2. The van der Waals surface area contributed by atoms with Crippen LogP contribution in [-0.4, -0.2) is 38.5 Å². The minimum atomic E-state index is -0.0769. The second-order valence-corrected chi connectivity index (χ2v) is 6.91. The van der Waals surface area contributed by atoms with Crippen molar-refractivity contribution in [2.75, 3.05) is 43.6 Å². The van der Waals surface area contributed by atoms with E-state index in [-0.39, 0.29) is 5.91 Å². The Morgan fingerprint density at radius 3 is 3.00 bits per heavy atom. The first-order valence-corrected chi connectivity index (χ1v) is 9.27. The van der Waals surface area contributed by atoms with Crippen molar-refractivity contribution in [3.63, 3.8) is 0 Å². The number of thioether (sulfide) groups is 1. The number of carbonyl (C=O) groups is 1. The van der Waals surface area contributed by atoms with Crippen LogP contribution in [0.15, 0.2) is 4.90 Å². The number of nitrogens with two attached hydrogens (primary N) is 1. The Labute approximate surface area is 134 Å². The Morgan fingerprint density at radius 1 is 1.57 bits per heavy atom. The monoisotopic (exact) mass is 329 g/mol. The Morgan fingerprint density at radius 2 is 2.38 bits per heavy atom. The zero-order chi connectivity index (χ0) is 15.2. The van der Waals surface area contributed by atoms with E-state index in [4.69, 9.17) is 10.5 Å². The average molecular weight is 329 g/mol. The topological polar surface area (TPSA) is 76.4 Å². The van der Waals surface area contributed by atoms with Crippen LogP contribution >= 0.6 is 23.1 Å². The van der Waals surface area contributed by atoms with Crippen LogP contribution in [0.25, 0.3) is 0 Å². The molecule has 1 aliphatic heterocycles. The molecule has 2 rings (SSSR count). The standard InChI is InChI=1S/C14H23N3O2S2/c1-3-5-16-13(18)11-10(15)12(20-2)14(21-11)17-7-9-4-6-19-8-9/h9,17H,3-8,15H2,1-2H3,(H,16,18). The molecular weight excluding hydrogens is 306 g/mol. The van der Waals surface area contributed by atoms with Crippen LogP contribution in [0.5, 0.6) is 0 Å². The number of thiophene rings is 1. The van der Waals surface area contributed by atoms with Crippen molar-refractivity contribution in [3.05, 3.63) is 4.88 Å². The summed E-state index contributed by atoms with van der Waals surface area (Å²) in [5.74, 6) is 0.465. The first kappa shape index (κ1) is 16.5. The Hall–Kier alpha value is -0.920. The first-order chi connectivity index (χ1) is 10.2. The average Bonchev–Trinajstić information content (AvgIpc) is 3.10. The van der Waals surface area contributed by atoms with Crippen LogP contribution < -0.4 is 16.4 Å². The summed E-state index contributed by atoms with van der Waals surface area (Å²) in [7, 11) is 0. The molecule has 1 aromatic rings. The van der Waals surface area contributed by atoms with Gasteiger partial charge in [0, 0.05) is 25.6 Å². The van der Waals surface area contributed by atoms with Crippen LogP contribution in [0, 0.1) is 5.92 Å². The number of hydrogen-bond donors (Lipinski definition) is 3. The molecule has 0 aliphatic carbocycles. The fraction of sp³-hybridized carbons (Fsp3) is 0.643. The molecule has 4 N–H and O–H groups in total. The molecule has 1 amide bonds. The number of amides is 1. The normalized spacial score (nSPS) is 17.9. The molecule has 1 aliphatic rings. The van der Waals surface area contributed by atoms with Gasteiger partial charge in [-0.15, -0.1) is 23.1 Å². The van der Waals surface area contributed by atoms with Gasteiger partial charge in [-0.25, -0.2) is 0 Å². The van der Waals surface area contributed by atoms with Crippen molar-refractivity contribution in [3.8, 4) is 0 Å². The van der Waals surface area contributed by atoms with Crippen LogP contribution in [0.2, 0.25) is 0 Å². The fourth-order valence-electron chi connectivity index (χ4n) is 2.22. The number of carbonyl (C=O) groups excluding carboxylic acids is 1. The molecule has 0 radical (unpaired) electrons. The molecule has 0 aromatic carbocycles. The molecule has 0 bridgehead atoms. The van der Waals surface area contributed by atoms with Crippen LogP contribution in [0.3, 0.4) is 0 Å². The lowest BCUT2D eigenvalue weighted by molar-refractivity contribution is 0.0958. The predicted molar refractivity (Wildman–Crippen MR) is 90.6 cm³/mol. The van der Waals surface area contributed by atoms with E-state index in [1.165, 1.54) is 11.3 Å². The van der Waals surface area contributed by atoms with Gasteiger partial charge in [0.2, 0.25) is 0 Å². The van der Waals surface area contributed by atoms with E-state index in [0.29, 0.717) is 23.0 Å². The molecule has 118 valence electrons. The van der Waals surface area contributed by atoms with Gasteiger partial charge >= 0.3 is 0 Å². The number of rotatable bonds is 7. The van der Waals surface area contributed by atoms with Gasteiger partial charge in [0.1, 0.15) is 9.88 Å². The van der Waals surface area contributed by atoms with E-state index in [1.54, 1.807) is 11.8 Å². The summed E-state index contributed by atoms with van der Waals surface area (Å²) in [6.07, 6.45) is 3.99. The molecule has 1 fully saturated rings. The molecule has 1 saturated heterocycles. The van der Waals surface area contributed by atoms with Crippen LogP contribution in [0.4, 0.5) is 10.7 Å². The minimum Gasteiger partial charge on any atom is -0.396 e. The van der Waals surface area contributed by atoms with Gasteiger partial charge in [0.15, 0.2) is 0 Å². The van der Waals surface area contributed by atoms with Gasteiger partial charge < -0.3 is 21.1 Å².